The van der Waals surface area contributed by atoms with Crippen molar-refractivity contribution >= 4 is 44.7 Å². The molecule has 0 fully saturated rings. The molecule has 0 spiro atoms. The standard InChI is InChI=1S/C36H28N2O2/c1-3-15-33(16-4-1)37-35(31-21-19-27-11-7-9-13-29(27)25-31)39-23-24-40-36(38-34-17-5-2-6-18-34)32-22-20-28-12-8-10-14-30(28)26-32/h1-22,25-26H,23-24H2/b37-35-,38-36-. The van der Waals surface area contributed by atoms with E-state index < -0.39 is 0 Å². The van der Waals surface area contributed by atoms with Crippen LogP contribution in [0, 0.1) is 0 Å². The molecule has 0 radical (unpaired) electrons. The number of hydrogen-bond donors (Lipinski definition) is 0. The molecule has 6 rings (SSSR count). The number of rotatable bonds is 7. The maximum absolute atomic E-state index is 6.26. The van der Waals surface area contributed by atoms with E-state index in [1.807, 2.05) is 97.1 Å². The monoisotopic (exact) mass is 520 g/mol. The van der Waals surface area contributed by atoms with Gasteiger partial charge in [0.25, 0.3) is 0 Å². The predicted octanol–water partition coefficient (Wildman–Crippen LogP) is 8.88. The molecular formula is C36H28N2O2. The third-order valence-corrected chi connectivity index (χ3v) is 6.53. The summed E-state index contributed by atoms with van der Waals surface area (Å²) in [6.45, 7) is 0.611. The minimum atomic E-state index is 0.305. The second-order valence-corrected chi connectivity index (χ2v) is 9.33. The summed E-state index contributed by atoms with van der Waals surface area (Å²) in [5.41, 5.74) is 3.48. The lowest BCUT2D eigenvalue weighted by atomic mass is 10.1. The average molecular weight is 521 g/mol. The molecule has 194 valence electrons. The van der Waals surface area contributed by atoms with Crippen molar-refractivity contribution in [2.75, 3.05) is 13.2 Å². The molecule has 0 aliphatic rings. The zero-order valence-corrected chi connectivity index (χ0v) is 22.0. The van der Waals surface area contributed by atoms with E-state index in [4.69, 9.17) is 19.5 Å². The van der Waals surface area contributed by atoms with Crippen LogP contribution in [0.2, 0.25) is 0 Å². The van der Waals surface area contributed by atoms with Crippen molar-refractivity contribution in [2.45, 2.75) is 0 Å². The Balaban J connectivity index is 1.24. The number of fused-ring (bicyclic) bond motifs is 2. The highest BCUT2D eigenvalue weighted by molar-refractivity contribution is 6.01. The van der Waals surface area contributed by atoms with Gasteiger partial charge in [0.05, 0.1) is 11.4 Å². The van der Waals surface area contributed by atoms with Crippen LogP contribution in [0.4, 0.5) is 11.4 Å². The first kappa shape index (κ1) is 25.1. The maximum Gasteiger partial charge on any atom is 0.221 e. The smallest absolute Gasteiger partial charge is 0.221 e. The normalized spacial score (nSPS) is 12.0. The number of hydrogen-bond acceptors (Lipinski definition) is 4. The Hall–Kier alpha value is -5.22. The van der Waals surface area contributed by atoms with Crippen molar-refractivity contribution in [1.82, 2.24) is 0 Å². The molecule has 6 aromatic carbocycles. The summed E-state index contributed by atoms with van der Waals surface area (Å²) >= 11 is 0. The minimum Gasteiger partial charge on any atom is -0.474 e. The van der Waals surface area contributed by atoms with Crippen LogP contribution >= 0.6 is 0 Å². The van der Waals surface area contributed by atoms with Gasteiger partial charge in [0, 0.05) is 11.1 Å². The highest BCUT2D eigenvalue weighted by Crippen LogP contribution is 2.21. The third-order valence-electron chi connectivity index (χ3n) is 6.53. The fraction of sp³-hybridized carbons (Fsp3) is 0.0556. The highest BCUT2D eigenvalue weighted by atomic mass is 16.5. The first-order valence-electron chi connectivity index (χ1n) is 13.3. The Morgan fingerprint density at radius 1 is 0.400 bits per heavy atom. The topological polar surface area (TPSA) is 43.2 Å². The van der Waals surface area contributed by atoms with Gasteiger partial charge < -0.3 is 9.47 Å². The fourth-order valence-corrected chi connectivity index (χ4v) is 4.52. The van der Waals surface area contributed by atoms with Crippen molar-refractivity contribution < 1.29 is 9.47 Å². The first-order valence-corrected chi connectivity index (χ1v) is 13.3. The molecule has 4 nitrogen and oxygen atoms in total. The Bertz CT molecular complexity index is 1660. The van der Waals surface area contributed by atoms with Crippen LogP contribution in [0.1, 0.15) is 11.1 Å². The molecule has 0 amide bonds. The molecule has 0 saturated heterocycles. The van der Waals surface area contributed by atoms with Gasteiger partial charge in [-0.25, -0.2) is 9.98 Å². The lowest BCUT2D eigenvalue weighted by Crippen LogP contribution is -2.15. The van der Waals surface area contributed by atoms with Crippen molar-refractivity contribution in [3.63, 3.8) is 0 Å². The van der Waals surface area contributed by atoms with Gasteiger partial charge in [-0.15, -0.1) is 0 Å². The molecule has 0 saturated carbocycles. The molecule has 0 atom stereocenters. The molecule has 0 aromatic heterocycles. The molecule has 0 heterocycles. The summed E-state index contributed by atoms with van der Waals surface area (Å²) in [4.78, 5) is 9.64. The molecule has 0 aliphatic carbocycles. The summed E-state index contributed by atoms with van der Waals surface area (Å²) < 4.78 is 12.5. The van der Waals surface area contributed by atoms with Gasteiger partial charge in [-0.1, -0.05) is 97.1 Å². The SMILES string of the molecule is c1ccc(/N=C(\OCCO/C(=N\c2ccccc2)c2ccc3ccccc3c2)c2ccc3ccccc3c2)cc1. The van der Waals surface area contributed by atoms with E-state index in [1.54, 1.807) is 0 Å². The first-order chi connectivity index (χ1) is 19.8. The molecule has 40 heavy (non-hydrogen) atoms. The van der Waals surface area contributed by atoms with Crippen LogP contribution in [0.15, 0.2) is 156 Å². The van der Waals surface area contributed by atoms with E-state index in [9.17, 15) is 0 Å². The predicted molar refractivity (Wildman–Crippen MR) is 165 cm³/mol. The number of benzene rings is 6. The van der Waals surface area contributed by atoms with E-state index in [0.29, 0.717) is 25.0 Å². The van der Waals surface area contributed by atoms with Crippen LogP contribution in [0.5, 0.6) is 0 Å². The second-order valence-electron chi connectivity index (χ2n) is 9.33. The van der Waals surface area contributed by atoms with Gasteiger partial charge in [-0.2, -0.15) is 0 Å². The summed E-state index contributed by atoms with van der Waals surface area (Å²) in [5, 5.41) is 4.61. The molecule has 0 bridgehead atoms. The van der Waals surface area contributed by atoms with E-state index in [0.717, 1.165) is 33.3 Å². The van der Waals surface area contributed by atoms with Gasteiger partial charge in [-0.05, 0) is 70.1 Å². The quantitative estimate of drug-likeness (QED) is 0.120. The van der Waals surface area contributed by atoms with E-state index >= 15 is 0 Å². The van der Waals surface area contributed by atoms with Gasteiger partial charge in [0.2, 0.25) is 11.8 Å². The number of para-hydroxylation sites is 2. The lowest BCUT2D eigenvalue weighted by molar-refractivity contribution is 0.202. The van der Waals surface area contributed by atoms with E-state index in [2.05, 4.69) is 48.5 Å². The van der Waals surface area contributed by atoms with Crippen LogP contribution in [0.3, 0.4) is 0 Å². The van der Waals surface area contributed by atoms with Gasteiger partial charge in [-0.3, -0.25) is 0 Å². The maximum atomic E-state index is 6.26. The second kappa shape index (κ2) is 12.1. The van der Waals surface area contributed by atoms with Gasteiger partial charge >= 0.3 is 0 Å². The summed E-state index contributed by atoms with van der Waals surface area (Å²) in [5.74, 6) is 1.10. The highest BCUT2D eigenvalue weighted by Gasteiger charge is 2.10. The number of aliphatic imine (C=N–C) groups is 2. The zero-order chi connectivity index (χ0) is 27.0. The van der Waals surface area contributed by atoms with Crippen molar-refractivity contribution in [1.29, 1.82) is 0 Å². The largest absolute Gasteiger partial charge is 0.474 e. The average Bonchev–Trinajstić information content (AvgIpc) is 3.02. The fourth-order valence-electron chi connectivity index (χ4n) is 4.52. The number of nitrogens with zero attached hydrogens (tertiary/aromatic N) is 2. The summed E-state index contributed by atoms with van der Waals surface area (Å²) in [6, 6.07) is 48.7. The summed E-state index contributed by atoms with van der Waals surface area (Å²) in [6.07, 6.45) is 0. The third kappa shape index (κ3) is 6.08. The van der Waals surface area contributed by atoms with Crippen LogP contribution in [0.25, 0.3) is 21.5 Å². The van der Waals surface area contributed by atoms with Gasteiger partial charge in [0.1, 0.15) is 13.2 Å². The number of ether oxygens (including phenoxy) is 2. The van der Waals surface area contributed by atoms with Crippen molar-refractivity contribution in [2.24, 2.45) is 9.98 Å². The minimum absolute atomic E-state index is 0.305. The molecule has 0 N–H and O–H groups in total. The molecule has 4 heteroatoms. The Kier molecular flexibility index (Phi) is 7.58. The summed E-state index contributed by atoms with van der Waals surface area (Å²) in [7, 11) is 0. The van der Waals surface area contributed by atoms with Crippen LogP contribution < -0.4 is 0 Å². The Labute approximate surface area is 233 Å². The Morgan fingerprint density at radius 2 is 0.775 bits per heavy atom. The van der Waals surface area contributed by atoms with Gasteiger partial charge in [0.15, 0.2) is 0 Å². The van der Waals surface area contributed by atoms with Crippen molar-refractivity contribution in [3.8, 4) is 0 Å². The lowest BCUT2D eigenvalue weighted by Gasteiger charge is -2.13. The molecular weight excluding hydrogens is 492 g/mol. The van der Waals surface area contributed by atoms with Crippen LogP contribution in [-0.2, 0) is 9.47 Å². The zero-order valence-electron chi connectivity index (χ0n) is 22.0. The molecule has 0 aliphatic heterocycles. The van der Waals surface area contributed by atoms with E-state index in [1.165, 1.54) is 10.8 Å². The van der Waals surface area contributed by atoms with Crippen molar-refractivity contribution in [3.05, 3.63) is 157 Å². The van der Waals surface area contributed by atoms with E-state index in [-0.39, 0.29) is 0 Å². The Morgan fingerprint density at radius 3 is 1.20 bits per heavy atom. The molecule has 6 aromatic rings. The molecule has 0 unspecified atom stereocenters. The van der Waals surface area contributed by atoms with Crippen LogP contribution in [-0.4, -0.2) is 25.0 Å².